The highest BCUT2D eigenvalue weighted by Crippen LogP contribution is 2.09. The van der Waals surface area contributed by atoms with Crippen LogP contribution in [0.2, 0.25) is 0 Å². The van der Waals surface area contributed by atoms with Gasteiger partial charge in [-0.3, -0.25) is 0 Å². The lowest BCUT2D eigenvalue weighted by molar-refractivity contribution is 0.377. The van der Waals surface area contributed by atoms with Crippen molar-refractivity contribution in [2.75, 3.05) is 5.94 Å². The fourth-order valence-corrected chi connectivity index (χ4v) is 1.18. The van der Waals surface area contributed by atoms with Crippen molar-refractivity contribution in [2.24, 2.45) is 4.52 Å². The highest BCUT2D eigenvalue weighted by atomic mass is 32.2. The van der Waals surface area contributed by atoms with Crippen molar-refractivity contribution < 1.29 is 13.2 Å². The summed E-state index contributed by atoms with van der Waals surface area (Å²) in [6.45, 7) is 0. The zero-order chi connectivity index (χ0) is 10.4. The summed E-state index contributed by atoms with van der Waals surface area (Å²) >= 11 is 0. The molecule has 14 heavy (non-hydrogen) atoms. The van der Waals surface area contributed by atoms with E-state index >= 15 is 0 Å². The summed E-state index contributed by atoms with van der Waals surface area (Å²) in [5.41, 5.74) is 7.92. The third-order valence-corrected chi connectivity index (χ3v) is 2.02. The standard InChI is InChI=1S/C7H7N3O3S/c8-9-10-14(11,12)6-13-7-4-2-1-3-5-7/h1-5H,6H2. The van der Waals surface area contributed by atoms with Gasteiger partial charge >= 0.3 is 0 Å². The van der Waals surface area contributed by atoms with Crippen LogP contribution in [-0.4, -0.2) is 14.4 Å². The third kappa shape index (κ3) is 3.34. The van der Waals surface area contributed by atoms with Gasteiger partial charge in [0.2, 0.25) is 0 Å². The first-order chi connectivity index (χ1) is 6.64. The predicted octanol–water partition coefficient (Wildman–Crippen LogP) is 1.66. The number of para-hydroxylation sites is 1. The topological polar surface area (TPSA) is 92.1 Å². The Hall–Kier alpha value is -1.72. The molecule has 0 aliphatic heterocycles. The van der Waals surface area contributed by atoms with E-state index < -0.39 is 16.0 Å². The first kappa shape index (κ1) is 10.4. The van der Waals surface area contributed by atoms with Gasteiger partial charge in [0, 0.05) is 9.43 Å². The van der Waals surface area contributed by atoms with Gasteiger partial charge in [0.05, 0.1) is 0 Å². The van der Waals surface area contributed by atoms with Crippen LogP contribution in [0.1, 0.15) is 0 Å². The molecule has 0 atom stereocenters. The molecule has 0 unspecified atom stereocenters. The smallest absolute Gasteiger partial charge is 0.270 e. The summed E-state index contributed by atoms with van der Waals surface area (Å²) in [6, 6.07) is 8.39. The van der Waals surface area contributed by atoms with Crippen molar-refractivity contribution in [3.63, 3.8) is 0 Å². The summed E-state index contributed by atoms with van der Waals surface area (Å²) in [7, 11) is -3.84. The summed E-state index contributed by atoms with van der Waals surface area (Å²) in [6.07, 6.45) is 0. The maximum absolute atomic E-state index is 10.9. The Morgan fingerprint density at radius 3 is 2.57 bits per heavy atom. The quantitative estimate of drug-likeness (QED) is 0.432. The third-order valence-electron chi connectivity index (χ3n) is 1.28. The van der Waals surface area contributed by atoms with E-state index in [2.05, 4.69) is 9.43 Å². The second-order valence-electron chi connectivity index (χ2n) is 2.33. The molecule has 74 valence electrons. The van der Waals surface area contributed by atoms with Crippen LogP contribution in [0.25, 0.3) is 10.4 Å². The van der Waals surface area contributed by atoms with Crippen LogP contribution in [0, 0.1) is 0 Å². The molecular weight excluding hydrogens is 206 g/mol. The van der Waals surface area contributed by atoms with E-state index in [1.165, 1.54) is 0 Å². The first-order valence-electron chi connectivity index (χ1n) is 3.61. The number of ether oxygens (including phenoxy) is 1. The van der Waals surface area contributed by atoms with Crippen LogP contribution in [0.5, 0.6) is 5.75 Å². The van der Waals surface area contributed by atoms with Gasteiger partial charge in [0.25, 0.3) is 10.0 Å². The molecule has 7 heteroatoms. The van der Waals surface area contributed by atoms with Crippen molar-refractivity contribution in [3.8, 4) is 5.75 Å². The molecule has 0 saturated heterocycles. The van der Waals surface area contributed by atoms with E-state index in [-0.39, 0.29) is 0 Å². The molecule has 0 aliphatic rings. The number of benzene rings is 1. The van der Waals surface area contributed by atoms with E-state index in [0.717, 1.165) is 0 Å². The number of sulfonamides is 1. The molecule has 0 radical (unpaired) electrons. The molecule has 0 saturated carbocycles. The molecule has 0 fully saturated rings. The Morgan fingerprint density at radius 1 is 1.36 bits per heavy atom. The molecule has 0 N–H and O–H groups in total. The van der Waals surface area contributed by atoms with E-state index in [1.807, 2.05) is 0 Å². The van der Waals surface area contributed by atoms with Gasteiger partial charge in [-0.25, -0.2) is 8.42 Å². The lowest BCUT2D eigenvalue weighted by Crippen LogP contribution is -2.08. The van der Waals surface area contributed by atoms with Gasteiger partial charge in [-0.2, -0.15) is 0 Å². The SMILES string of the molecule is [N-]=[N+]=NS(=O)(=O)COc1ccccc1. The summed E-state index contributed by atoms with van der Waals surface area (Å²) < 4.78 is 29.2. The van der Waals surface area contributed by atoms with Gasteiger partial charge in [-0.05, 0) is 17.7 Å². The van der Waals surface area contributed by atoms with Gasteiger partial charge in [0.1, 0.15) is 5.75 Å². The minimum atomic E-state index is -3.84. The molecule has 1 rings (SSSR count). The van der Waals surface area contributed by atoms with E-state index in [4.69, 9.17) is 10.3 Å². The normalized spacial score (nSPS) is 10.3. The van der Waals surface area contributed by atoms with Crippen molar-refractivity contribution in [2.45, 2.75) is 0 Å². The van der Waals surface area contributed by atoms with Crippen LogP contribution in [-0.2, 0) is 10.0 Å². The zero-order valence-electron chi connectivity index (χ0n) is 7.07. The molecule has 0 bridgehead atoms. The van der Waals surface area contributed by atoms with Crippen LogP contribution >= 0.6 is 0 Å². The monoisotopic (exact) mass is 213 g/mol. The molecular formula is C7H7N3O3S. The minimum Gasteiger partial charge on any atom is -0.477 e. The predicted molar refractivity (Wildman–Crippen MR) is 50.0 cm³/mol. The van der Waals surface area contributed by atoms with E-state index in [1.54, 1.807) is 30.3 Å². The summed E-state index contributed by atoms with van der Waals surface area (Å²) in [5, 5.41) is 0. The van der Waals surface area contributed by atoms with E-state index in [0.29, 0.717) is 5.75 Å². The average Bonchev–Trinajstić information content (AvgIpc) is 2.17. The molecule has 0 aromatic heterocycles. The minimum absolute atomic E-state index is 0.407. The fourth-order valence-electron chi connectivity index (χ4n) is 0.738. The number of rotatable bonds is 4. The number of hydrogen-bond donors (Lipinski definition) is 0. The van der Waals surface area contributed by atoms with Gasteiger partial charge in [-0.1, -0.05) is 18.2 Å². The molecule has 0 spiro atoms. The van der Waals surface area contributed by atoms with Crippen LogP contribution in [0.4, 0.5) is 0 Å². The van der Waals surface area contributed by atoms with Crippen molar-refractivity contribution in [1.82, 2.24) is 0 Å². The molecule has 1 aromatic rings. The molecule has 6 nitrogen and oxygen atoms in total. The van der Waals surface area contributed by atoms with Crippen LogP contribution < -0.4 is 4.74 Å². The lowest BCUT2D eigenvalue weighted by atomic mass is 10.3. The average molecular weight is 213 g/mol. The van der Waals surface area contributed by atoms with Gasteiger partial charge < -0.3 is 4.74 Å². The Labute approximate surface area is 80.8 Å². The summed E-state index contributed by atoms with van der Waals surface area (Å²) in [4.78, 5) is 2.18. The molecule has 0 amide bonds. The fraction of sp³-hybridized carbons (Fsp3) is 0.143. The first-order valence-corrected chi connectivity index (χ1v) is 5.22. The highest BCUT2D eigenvalue weighted by molar-refractivity contribution is 7.89. The zero-order valence-corrected chi connectivity index (χ0v) is 7.88. The van der Waals surface area contributed by atoms with Crippen LogP contribution in [0.15, 0.2) is 34.9 Å². The highest BCUT2D eigenvalue weighted by Gasteiger charge is 2.07. The lowest BCUT2D eigenvalue weighted by Gasteiger charge is -2.02. The Morgan fingerprint density at radius 2 is 2.00 bits per heavy atom. The molecule has 0 heterocycles. The molecule has 0 aliphatic carbocycles. The largest absolute Gasteiger partial charge is 0.477 e. The Balaban J connectivity index is 2.62. The van der Waals surface area contributed by atoms with Crippen molar-refractivity contribution in [3.05, 3.63) is 40.8 Å². The maximum atomic E-state index is 10.9. The second kappa shape index (κ2) is 4.50. The van der Waals surface area contributed by atoms with E-state index in [9.17, 15) is 8.42 Å². The maximum Gasteiger partial charge on any atom is 0.270 e. The van der Waals surface area contributed by atoms with Gasteiger partial charge in [-0.15, -0.1) is 0 Å². The number of hydrogen-bond acceptors (Lipinski definition) is 3. The number of nitrogens with zero attached hydrogens (tertiary/aromatic N) is 3. The van der Waals surface area contributed by atoms with Crippen molar-refractivity contribution >= 4 is 10.0 Å². The Bertz CT molecular complexity index is 437. The molecule has 1 aromatic carbocycles. The Kier molecular flexibility index (Phi) is 3.33. The van der Waals surface area contributed by atoms with Crippen molar-refractivity contribution in [1.29, 1.82) is 0 Å². The van der Waals surface area contributed by atoms with Gasteiger partial charge in [0.15, 0.2) is 5.94 Å². The summed E-state index contributed by atoms with van der Waals surface area (Å²) in [5.74, 6) is -0.245. The second-order valence-corrected chi connectivity index (χ2v) is 3.89. The van der Waals surface area contributed by atoms with Crippen LogP contribution in [0.3, 0.4) is 0 Å². The number of azide groups is 1.